The van der Waals surface area contributed by atoms with Crippen LogP contribution in [-0.2, 0) is 17.8 Å². The van der Waals surface area contributed by atoms with Crippen LogP contribution in [0.1, 0.15) is 24.0 Å². The predicted molar refractivity (Wildman–Crippen MR) is 61.8 cm³/mol. The van der Waals surface area contributed by atoms with Crippen molar-refractivity contribution in [2.45, 2.75) is 31.9 Å². The van der Waals surface area contributed by atoms with Gasteiger partial charge >= 0.3 is 0 Å². The number of halogens is 2. The number of hydrogen-bond acceptors (Lipinski definition) is 2. The van der Waals surface area contributed by atoms with Crippen molar-refractivity contribution in [3.63, 3.8) is 0 Å². The summed E-state index contributed by atoms with van der Waals surface area (Å²) < 4.78 is 32.2. The molecule has 1 heterocycles. The van der Waals surface area contributed by atoms with Gasteiger partial charge in [-0.3, -0.25) is 0 Å². The van der Waals surface area contributed by atoms with E-state index in [1.807, 2.05) is 0 Å². The van der Waals surface area contributed by atoms with Crippen molar-refractivity contribution < 1.29 is 13.5 Å². The maximum absolute atomic E-state index is 14.0. The molecule has 0 aliphatic carbocycles. The molecule has 94 valence electrons. The molecule has 1 N–H and O–H groups in total. The molecule has 1 aromatic rings. The number of benzene rings is 1. The summed E-state index contributed by atoms with van der Waals surface area (Å²) in [6.07, 6.45) is 2.79. The molecule has 0 saturated carbocycles. The van der Waals surface area contributed by atoms with Gasteiger partial charge in [0.15, 0.2) is 0 Å². The van der Waals surface area contributed by atoms with Gasteiger partial charge in [-0.2, -0.15) is 0 Å². The van der Waals surface area contributed by atoms with Gasteiger partial charge in [0, 0.05) is 18.7 Å². The highest BCUT2D eigenvalue weighted by Crippen LogP contribution is 2.21. The lowest BCUT2D eigenvalue weighted by atomic mass is 10.0. The minimum Gasteiger partial charge on any atom is -0.380 e. The molecule has 2 nitrogen and oxygen atoms in total. The van der Waals surface area contributed by atoms with Crippen molar-refractivity contribution in [3.05, 3.63) is 34.9 Å². The molecule has 4 heteroatoms. The molecule has 1 aliphatic rings. The highest BCUT2D eigenvalue weighted by Gasteiger charge is 2.19. The Morgan fingerprint density at radius 3 is 2.88 bits per heavy atom. The van der Waals surface area contributed by atoms with Gasteiger partial charge < -0.3 is 10.1 Å². The maximum atomic E-state index is 14.0. The third-order valence-electron chi connectivity index (χ3n) is 3.18. The van der Waals surface area contributed by atoms with E-state index in [-0.39, 0.29) is 12.2 Å². The van der Waals surface area contributed by atoms with Gasteiger partial charge in [-0.25, -0.2) is 8.78 Å². The Labute approximate surface area is 100.0 Å². The smallest absolute Gasteiger partial charge is 0.134 e. The van der Waals surface area contributed by atoms with Gasteiger partial charge in [-0.15, -0.1) is 0 Å². The van der Waals surface area contributed by atoms with E-state index < -0.39 is 11.6 Å². The van der Waals surface area contributed by atoms with Crippen LogP contribution in [0, 0.1) is 11.6 Å². The van der Waals surface area contributed by atoms with E-state index in [1.165, 1.54) is 19.2 Å². The molecule has 1 fully saturated rings. The fourth-order valence-corrected chi connectivity index (χ4v) is 2.28. The molecular weight excluding hydrogens is 224 g/mol. The number of hydrogen-bond donors (Lipinski definition) is 1. The second kappa shape index (κ2) is 5.56. The van der Waals surface area contributed by atoms with Crippen LogP contribution in [0.2, 0.25) is 0 Å². The van der Waals surface area contributed by atoms with Crippen LogP contribution in [0.4, 0.5) is 8.78 Å². The first-order valence-electron chi connectivity index (χ1n) is 5.90. The van der Waals surface area contributed by atoms with Gasteiger partial charge in [0.25, 0.3) is 0 Å². The molecular formula is C13H17F2NO. The summed E-state index contributed by atoms with van der Waals surface area (Å²) in [7, 11) is 1.43. The highest BCUT2D eigenvalue weighted by molar-refractivity contribution is 5.28. The van der Waals surface area contributed by atoms with E-state index in [9.17, 15) is 8.78 Å². The van der Waals surface area contributed by atoms with E-state index in [1.54, 1.807) is 0 Å². The zero-order valence-corrected chi connectivity index (χ0v) is 9.93. The van der Waals surface area contributed by atoms with Crippen molar-refractivity contribution >= 4 is 0 Å². The van der Waals surface area contributed by atoms with Crippen molar-refractivity contribution in [1.29, 1.82) is 0 Å². The first-order chi connectivity index (χ1) is 8.22. The zero-order chi connectivity index (χ0) is 12.3. The van der Waals surface area contributed by atoms with E-state index in [4.69, 9.17) is 4.74 Å². The van der Waals surface area contributed by atoms with Crippen LogP contribution in [0.3, 0.4) is 0 Å². The maximum Gasteiger partial charge on any atom is 0.134 e. The lowest BCUT2D eigenvalue weighted by molar-refractivity contribution is 0.177. The van der Waals surface area contributed by atoms with Crippen LogP contribution in [-0.4, -0.2) is 19.7 Å². The van der Waals surface area contributed by atoms with E-state index in [0.29, 0.717) is 18.0 Å². The molecule has 0 radical (unpaired) electrons. The fraction of sp³-hybridized carbons (Fsp3) is 0.538. The third kappa shape index (κ3) is 2.82. The first-order valence-corrected chi connectivity index (χ1v) is 5.90. The Kier molecular flexibility index (Phi) is 4.07. The third-order valence-corrected chi connectivity index (χ3v) is 3.18. The lowest BCUT2D eigenvalue weighted by Gasteiger charge is -2.13. The van der Waals surface area contributed by atoms with Crippen molar-refractivity contribution in [3.8, 4) is 0 Å². The Morgan fingerprint density at radius 1 is 1.41 bits per heavy atom. The van der Waals surface area contributed by atoms with Crippen LogP contribution in [0.5, 0.6) is 0 Å². The normalized spacial score (nSPS) is 19.8. The number of nitrogens with one attached hydrogen (secondary N) is 1. The number of rotatable bonds is 4. The van der Waals surface area contributed by atoms with Gasteiger partial charge in [0.2, 0.25) is 0 Å². The van der Waals surface area contributed by atoms with Crippen molar-refractivity contribution in [1.82, 2.24) is 5.32 Å². The second-order valence-electron chi connectivity index (χ2n) is 4.43. The average molecular weight is 241 g/mol. The van der Waals surface area contributed by atoms with Crippen LogP contribution in [0.15, 0.2) is 12.1 Å². The molecule has 1 aliphatic heterocycles. The minimum absolute atomic E-state index is 0.0242. The summed E-state index contributed by atoms with van der Waals surface area (Å²) in [5.74, 6) is -0.993. The highest BCUT2D eigenvalue weighted by atomic mass is 19.1. The molecule has 1 unspecified atom stereocenters. The largest absolute Gasteiger partial charge is 0.380 e. The Balaban J connectivity index is 2.18. The summed E-state index contributed by atoms with van der Waals surface area (Å²) in [5, 5.41) is 3.31. The summed E-state index contributed by atoms with van der Waals surface area (Å²) >= 11 is 0. The first kappa shape index (κ1) is 12.5. The molecule has 1 saturated heterocycles. The molecule has 1 atom stereocenters. The number of ether oxygens (including phenoxy) is 1. The Hall–Kier alpha value is -1.00. The molecule has 1 aromatic carbocycles. The molecule has 17 heavy (non-hydrogen) atoms. The quantitative estimate of drug-likeness (QED) is 0.874. The topological polar surface area (TPSA) is 21.3 Å². The minimum atomic E-state index is -0.535. The van der Waals surface area contributed by atoms with Gasteiger partial charge in [-0.1, -0.05) is 6.07 Å². The van der Waals surface area contributed by atoms with Crippen molar-refractivity contribution in [2.75, 3.05) is 13.7 Å². The molecule has 0 amide bonds. The van der Waals surface area contributed by atoms with E-state index in [2.05, 4.69) is 5.32 Å². The van der Waals surface area contributed by atoms with Gasteiger partial charge in [0.05, 0.1) is 6.61 Å². The van der Waals surface area contributed by atoms with Crippen LogP contribution < -0.4 is 5.32 Å². The molecule has 0 aromatic heterocycles. The lowest BCUT2D eigenvalue weighted by Crippen LogP contribution is -2.24. The SMILES string of the molecule is COCc1c(F)ccc(CC2CCCN2)c1F. The van der Waals surface area contributed by atoms with E-state index in [0.717, 1.165) is 19.4 Å². The summed E-state index contributed by atoms with van der Waals surface area (Å²) in [6, 6.07) is 3.16. The van der Waals surface area contributed by atoms with Gasteiger partial charge in [-0.05, 0) is 37.4 Å². The predicted octanol–water partition coefficient (Wildman–Crippen LogP) is 2.41. The van der Waals surface area contributed by atoms with Crippen LogP contribution >= 0.6 is 0 Å². The zero-order valence-electron chi connectivity index (χ0n) is 9.93. The summed E-state index contributed by atoms with van der Waals surface area (Å²) in [4.78, 5) is 0. The summed E-state index contributed by atoms with van der Waals surface area (Å²) in [6.45, 7) is 0.960. The molecule has 0 spiro atoms. The van der Waals surface area contributed by atoms with Crippen LogP contribution in [0.25, 0.3) is 0 Å². The van der Waals surface area contributed by atoms with Crippen molar-refractivity contribution in [2.24, 2.45) is 0 Å². The Bertz CT molecular complexity index is 389. The molecule has 2 rings (SSSR count). The second-order valence-corrected chi connectivity index (χ2v) is 4.43. The number of methoxy groups -OCH3 is 1. The fourth-order valence-electron chi connectivity index (χ4n) is 2.28. The molecule has 0 bridgehead atoms. The van der Waals surface area contributed by atoms with E-state index >= 15 is 0 Å². The Morgan fingerprint density at radius 2 is 2.24 bits per heavy atom. The monoisotopic (exact) mass is 241 g/mol. The summed E-state index contributed by atoms with van der Waals surface area (Å²) in [5.41, 5.74) is 0.598. The van der Waals surface area contributed by atoms with Gasteiger partial charge in [0.1, 0.15) is 11.6 Å². The standard InChI is InChI=1S/C13H17F2NO/c1-17-8-11-12(14)5-4-9(13(11)15)7-10-3-2-6-16-10/h4-5,10,16H,2-3,6-8H2,1H3. The average Bonchev–Trinajstić information content (AvgIpc) is 2.81.